The average molecular weight is 310 g/mol. The molecule has 0 aromatic carbocycles. The van der Waals surface area contributed by atoms with Gasteiger partial charge in [-0.15, -0.1) is 0 Å². The standard InChI is InChI=1S/C16H26N2O4/c1-8-9-13(19)17-10-12-11(2)21-16(6,7)18(12)14(20)22-15(3,4)5/h11-12H,10H2,1-7H3,(H,17,19). The Labute approximate surface area is 132 Å². The van der Waals surface area contributed by atoms with Crippen molar-refractivity contribution >= 4 is 12.0 Å². The van der Waals surface area contributed by atoms with Crippen LogP contribution in [-0.4, -0.2) is 46.9 Å². The second-order valence-electron chi connectivity index (χ2n) is 6.77. The first-order valence-electron chi connectivity index (χ1n) is 7.38. The minimum Gasteiger partial charge on any atom is -0.444 e. The van der Waals surface area contributed by atoms with E-state index in [2.05, 4.69) is 17.2 Å². The van der Waals surface area contributed by atoms with Gasteiger partial charge in [-0.3, -0.25) is 9.69 Å². The molecule has 6 heteroatoms. The van der Waals surface area contributed by atoms with Crippen LogP contribution in [0.4, 0.5) is 4.79 Å². The molecule has 1 fully saturated rings. The minimum absolute atomic E-state index is 0.225. The minimum atomic E-state index is -0.798. The van der Waals surface area contributed by atoms with Crippen molar-refractivity contribution in [3.05, 3.63) is 0 Å². The molecule has 0 spiro atoms. The van der Waals surface area contributed by atoms with Crippen molar-refractivity contribution < 1.29 is 19.1 Å². The van der Waals surface area contributed by atoms with Gasteiger partial charge in [-0.1, -0.05) is 5.92 Å². The van der Waals surface area contributed by atoms with Gasteiger partial charge >= 0.3 is 6.09 Å². The number of ether oxygens (including phenoxy) is 2. The third-order valence-electron chi connectivity index (χ3n) is 3.23. The van der Waals surface area contributed by atoms with E-state index in [1.807, 2.05) is 27.7 Å². The Morgan fingerprint density at radius 1 is 1.36 bits per heavy atom. The van der Waals surface area contributed by atoms with E-state index in [0.717, 1.165) is 0 Å². The maximum Gasteiger partial charge on any atom is 0.412 e. The Morgan fingerprint density at radius 2 is 1.95 bits per heavy atom. The zero-order valence-corrected chi connectivity index (χ0v) is 14.4. The molecular formula is C16H26N2O4. The Morgan fingerprint density at radius 3 is 2.45 bits per heavy atom. The second kappa shape index (κ2) is 6.57. The van der Waals surface area contributed by atoms with Crippen LogP contribution in [0.15, 0.2) is 0 Å². The van der Waals surface area contributed by atoms with Crippen LogP contribution in [0.25, 0.3) is 0 Å². The molecule has 6 nitrogen and oxygen atoms in total. The SMILES string of the molecule is CC#CC(=O)NCC1C(C)OC(C)(C)N1C(=O)OC(C)(C)C. The summed E-state index contributed by atoms with van der Waals surface area (Å²) in [4.78, 5) is 25.5. The summed E-state index contributed by atoms with van der Waals surface area (Å²) in [5.41, 5.74) is -1.39. The van der Waals surface area contributed by atoms with Crippen LogP contribution in [0.2, 0.25) is 0 Å². The first kappa shape index (κ1) is 18.3. The molecule has 2 amide bonds. The van der Waals surface area contributed by atoms with Crippen LogP contribution < -0.4 is 5.32 Å². The summed E-state index contributed by atoms with van der Waals surface area (Å²) in [5.74, 6) is 4.58. The van der Waals surface area contributed by atoms with Crippen molar-refractivity contribution in [1.29, 1.82) is 0 Å². The van der Waals surface area contributed by atoms with Gasteiger partial charge in [-0.2, -0.15) is 0 Å². The van der Waals surface area contributed by atoms with Crippen LogP contribution in [0.1, 0.15) is 48.5 Å². The summed E-state index contributed by atoms with van der Waals surface area (Å²) in [6, 6.07) is -0.313. The van der Waals surface area contributed by atoms with Crippen molar-refractivity contribution in [3.8, 4) is 11.8 Å². The van der Waals surface area contributed by atoms with E-state index < -0.39 is 17.4 Å². The van der Waals surface area contributed by atoms with Crippen LogP contribution >= 0.6 is 0 Å². The van der Waals surface area contributed by atoms with E-state index >= 15 is 0 Å². The van der Waals surface area contributed by atoms with Crippen LogP contribution in [0.5, 0.6) is 0 Å². The van der Waals surface area contributed by atoms with E-state index in [0.29, 0.717) is 0 Å². The normalized spacial score (nSPS) is 23.5. The van der Waals surface area contributed by atoms with Gasteiger partial charge in [-0.25, -0.2) is 4.79 Å². The predicted molar refractivity (Wildman–Crippen MR) is 82.9 cm³/mol. The van der Waals surface area contributed by atoms with Gasteiger partial charge in [-0.05, 0) is 54.4 Å². The molecule has 1 saturated heterocycles. The molecule has 2 atom stereocenters. The lowest BCUT2D eigenvalue weighted by Crippen LogP contribution is -2.53. The average Bonchev–Trinajstić information content (AvgIpc) is 2.53. The molecule has 2 unspecified atom stereocenters. The lowest BCUT2D eigenvalue weighted by atomic mass is 10.1. The van der Waals surface area contributed by atoms with Crippen molar-refractivity contribution in [2.75, 3.05) is 6.54 Å². The number of amides is 2. The fourth-order valence-electron chi connectivity index (χ4n) is 2.48. The molecule has 0 aromatic rings. The Kier molecular flexibility index (Phi) is 5.47. The predicted octanol–water partition coefficient (Wildman–Crippen LogP) is 1.89. The molecule has 0 aliphatic carbocycles. The summed E-state index contributed by atoms with van der Waals surface area (Å²) in [6.45, 7) is 12.8. The fraction of sp³-hybridized carbons (Fsp3) is 0.750. The highest BCUT2D eigenvalue weighted by molar-refractivity contribution is 5.93. The zero-order chi connectivity index (χ0) is 17.1. The molecule has 1 aliphatic heterocycles. The van der Waals surface area contributed by atoms with Crippen molar-refractivity contribution in [1.82, 2.24) is 10.2 Å². The Balaban J connectivity index is 2.89. The van der Waals surface area contributed by atoms with Crippen molar-refractivity contribution in [3.63, 3.8) is 0 Å². The van der Waals surface area contributed by atoms with Gasteiger partial charge < -0.3 is 14.8 Å². The van der Waals surface area contributed by atoms with Crippen LogP contribution in [-0.2, 0) is 14.3 Å². The number of rotatable bonds is 2. The molecular weight excluding hydrogens is 284 g/mol. The molecule has 1 rings (SSSR count). The van der Waals surface area contributed by atoms with Gasteiger partial charge in [0, 0.05) is 6.54 Å². The highest BCUT2D eigenvalue weighted by Gasteiger charge is 2.49. The van der Waals surface area contributed by atoms with Gasteiger partial charge in [0.15, 0.2) is 0 Å². The van der Waals surface area contributed by atoms with Gasteiger partial charge in [0.1, 0.15) is 11.3 Å². The highest BCUT2D eigenvalue weighted by Crippen LogP contribution is 2.33. The molecule has 0 saturated carbocycles. The van der Waals surface area contributed by atoms with E-state index in [1.165, 1.54) is 0 Å². The lowest BCUT2D eigenvalue weighted by Gasteiger charge is -2.35. The molecule has 22 heavy (non-hydrogen) atoms. The fourth-order valence-corrected chi connectivity index (χ4v) is 2.48. The number of carbonyl (C=O) groups excluding carboxylic acids is 2. The van der Waals surface area contributed by atoms with E-state index in [9.17, 15) is 9.59 Å². The lowest BCUT2D eigenvalue weighted by molar-refractivity contribution is -0.116. The number of nitrogens with one attached hydrogen (secondary N) is 1. The van der Waals surface area contributed by atoms with Gasteiger partial charge in [0.05, 0.1) is 12.1 Å². The molecule has 0 bridgehead atoms. The summed E-state index contributed by atoms with van der Waals surface area (Å²) in [7, 11) is 0. The van der Waals surface area contributed by atoms with Crippen LogP contribution in [0, 0.1) is 11.8 Å². The van der Waals surface area contributed by atoms with E-state index in [4.69, 9.17) is 9.47 Å². The third kappa shape index (κ3) is 4.63. The quantitative estimate of drug-likeness (QED) is 0.791. The number of carbonyl (C=O) groups is 2. The summed E-state index contributed by atoms with van der Waals surface area (Å²) in [5, 5.41) is 2.70. The molecule has 124 valence electrons. The van der Waals surface area contributed by atoms with Crippen LogP contribution in [0.3, 0.4) is 0 Å². The molecule has 1 N–H and O–H groups in total. The number of hydrogen-bond donors (Lipinski definition) is 1. The second-order valence-corrected chi connectivity index (χ2v) is 6.77. The number of hydrogen-bond acceptors (Lipinski definition) is 4. The maximum atomic E-state index is 12.5. The third-order valence-corrected chi connectivity index (χ3v) is 3.23. The summed E-state index contributed by atoms with van der Waals surface area (Å²) >= 11 is 0. The largest absolute Gasteiger partial charge is 0.444 e. The van der Waals surface area contributed by atoms with Crippen molar-refractivity contribution in [2.45, 2.75) is 71.9 Å². The highest BCUT2D eigenvalue weighted by atomic mass is 16.6. The topological polar surface area (TPSA) is 67.9 Å². The molecule has 0 aromatic heterocycles. The summed E-state index contributed by atoms with van der Waals surface area (Å²) < 4.78 is 11.3. The Hall–Kier alpha value is -1.74. The first-order valence-corrected chi connectivity index (χ1v) is 7.38. The number of nitrogens with zero attached hydrogens (tertiary/aromatic N) is 1. The zero-order valence-electron chi connectivity index (χ0n) is 14.4. The monoisotopic (exact) mass is 310 g/mol. The maximum absolute atomic E-state index is 12.5. The molecule has 1 heterocycles. The summed E-state index contributed by atoms with van der Waals surface area (Å²) in [6.07, 6.45) is -0.680. The smallest absolute Gasteiger partial charge is 0.412 e. The van der Waals surface area contributed by atoms with E-state index in [1.54, 1.807) is 25.7 Å². The van der Waals surface area contributed by atoms with E-state index in [-0.39, 0.29) is 24.6 Å². The van der Waals surface area contributed by atoms with Gasteiger partial charge in [0.2, 0.25) is 0 Å². The molecule has 0 radical (unpaired) electrons. The van der Waals surface area contributed by atoms with Crippen molar-refractivity contribution in [2.24, 2.45) is 0 Å². The Bertz CT molecular complexity index is 497. The first-order chi connectivity index (χ1) is 9.98. The van der Waals surface area contributed by atoms with Gasteiger partial charge in [0.25, 0.3) is 5.91 Å². The molecule has 1 aliphatic rings.